The zero-order chi connectivity index (χ0) is 16.7. The quantitative estimate of drug-likeness (QED) is 0.654. The second-order valence-corrected chi connectivity index (χ2v) is 7.31. The van der Waals surface area contributed by atoms with E-state index in [1.807, 2.05) is 6.07 Å². The first-order valence-corrected chi connectivity index (χ1v) is 8.82. The Morgan fingerprint density at radius 2 is 1.96 bits per heavy atom. The van der Waals surface area contributed by atoms with Gasteiger partial charge in [0, 0.05) is 21.5 Å². The molecular formula is C18H13ClN2O2S. The highest BCUT2D eigenvalue weighted by atomic mass is 35.5. The number of nitrogens with zero attached hydrogens (tertiary/aromatic N) is 2. The van der Waals surface area contributed by atoms with Gasteiger partial charge in [0.25, 0.3) is 5.56 Å². The highest BCUT2D eigenvalue weighted by Crippen LogP contribution is 2.35. The highest BCUT2D eigenvalue weighted by molar-refractivity contribution is 7.14. The summed E-state index contributed by atoms with van der Waals surface area (Å²) in [6.45, 7) is 0. The topological polar surface area (TPSA) is 52.0 Å². The second kappa shape index (κ2) is 6.00. The summed E-state index contributed by atoms with van der Waals surface area (Å²) in [6, 6.07) is 10.5. The molecule has 2 aromatic heterocycles. The maximum absolute atomic E-state index is 12.5. The van der Waals surface area contributed by atoms with Crippen LogP contribution in [0.15, 0.2) is 41.2 Å². The van der Waals surface area contributed by atoms with Crippen molar-refractivity contribution in [3.8, 4) is 16.9 Å². The molecule has 120 valence electrons. The summed E-state index contributed by atoms with van der Waals surface area (Å²) in [7, 11) is 0. The Bertz CT molecular complexity index is 989. The normalized spacial score (nSPS) is 13.0. The van der Waals surface area contributed by atoms with E-state index in [-0.39, 0.29) is 5.56 Å². The minimum Gasteiger partial charge on any atom is -0.297 e. The molecule has 24 heavy (non-hydrogen) atoms. The molecule has 0 atom stereocenters. The maximum atomic E-state index is 12.5. The van der Waals surface area contributed by atoms with E-state index in [9.17, 15) is 9.59 Å². The van der Waals surface area contributed by atoms with Gasteiger partial charge in [-0.1, -0.05) is 11.6 Å². The summed E-state index contributed by atoms with van der Waals surface area (Å²) < 4.78 is 1.39. The first kappa shape index (κ1) is 15.3. The molecule has 3 aromatic rings. The highest BCUT2D eigenvalue weighted by Gasteiger charge is 2.21. The van der Waals surface area contributed by atoms with Crippen LogP contribution in [0.3, 0.4) is 0 Å². The molecule has 0 saturated carbocycles. The van der Waals surface area contributed by atoms with Crippen molar-refractivity contribution in [2.45, 2.75) is 19.3 Å². The number of hydrogen-bond acceptors (Lipinski definition) is 4. The molecule has 2 heterocycles. The summed E-state index contributed by atoms with van der Waals surface area (Å²) in [5, 5.41) is 5.22. The number of halogens is 1. The van der Waals surface area contributed by atoms with Crippen molar-refractivity contribution in [1.29, 1.82) is 0 Å². The molecule has 0 saturated heterocycles. The Kier molecular flexibility index (Phi) is 3.82. The van der Waals surface area contributed by atoms with E-state index in [1.165, 1.54) is 16.0 Å². The van der Waals surface area contributed by atoms with Crippen LogP contribution in [-0.4, -0.2) is 16.1 Å². The number of aromatic nitrogens is 2. The molecule has 1 aliphatic carbocycles. The van der Waals surface area contributed by atoms with Crippen LogP contribution in [0.4, 0.5) is 0 Å². The number of hydrogen-bond donors (Lipinski definition) is 0. The van der Waals surface area contributed by atoms with Crippen LogP contribution in [0.2, 0.25) is 5.02 Å². The van der Waals surface area contributed by atoms with E-state index < -0.39 is 0 Å². The first-order valence-electron chi connectivity index (χ1n) is 7.63. The van der Waals surface area contributed by atoms with E-state index in [0.29, 0.717) is 15.6 Å². The standard InChI is InChI=1S/C18H13ClN2O2S/c19-12-4-6-13(7-5-12)21-17(23)8-11-2-1-3-16-15(18(11)20-21)9-14(10-22)24-16/h4-10H,1-3H2. The lowest BCUT2D eigenvalue weighted by Crippen LogP contribution is -2.22. The van der Waals surface area contributed by atoms with Crippen molar-refractivity contribution in [2.24, 2.45) is 0 Å². The SMILES string of the molecule is O=Cc1cc2c(s1)CCCc1cc(=O)n(-c3ccc(Cl)cc3)nc1-2. The number of carbonyl (C=O) groups excluding carboxylic acids is 1. The van der Waals surface area contributed by atoms with Gasteiger partial charge in [-0.05, 0) is 55.2 Å². The molecule has 0 amide bonds. The molecule has 1 aliphatic rings. The lowest BCUT2D eigenvalue weighted by Gasteiger charge is -2.10. The van der Waals surface area contributed by atoms with Crippen LogP contribution in [0.25, 0.3) is 16.9 Å². The average Bonchev–Trinajstić information content (AvgIpc) is 2.92. The number of benzene rings is 1. The third-order valence-corrected chi connectivity index (χ3v) is 5.50. The summed E-state index contributed by atoms with van der Waals surface area (Å²) in [6.07, 6.45) is 3.54. The minimum absolute atomic E-state index is 0.162. The van der Waals surface area contributed by atoms with Crippen LogP contribution >= 0.6 is 22.9 Å². The fraction of sp³-hybridized carbons (Fsp3) is 0.167. The molecule has 4 nitrogen and oxygen atoms in total. The third-order valence-electron chi connectivity index (χ3n) is 4.13. The molecule has 6 heteroatoms. The van der Waals surface area contributed by atoms with Gasteiger partial charge in [0.1, 0.15) is 0 Å². The number of fused-ring (bicyclic) bond motifs is 3. The Balaban J connectivity index is 1.94. The van der Waals surface area contributed by atoms with E-state index in [4.69, 9.17) is 11.6 Å². The zero-order valence-corrected chi connectivity index (χ0v) is 14.2. The van der Waals surface area contributed by atoms with Crippen molar-refractivity contribution in [1.82, 2.24) is 9.78 Å². The van der Waals surface area contributed by atoms with Gasteiger partial charge in [-0.2, -0.15) is 9.78 Å². The van der Waals surface area contributed by atoms with Crippen molar-refractivity contribution in [3.63, 3.8) is 0 Å². The van der Waals surface area contributed by atoms with Gasteiger partial charge in [0.2, 0.25) is 0 Å². The predicted octanol–water partition coefficient (Wildman–Crippen LogP) is 3.92. The van der Waals surface area contributed by atoms with Gasteiger partial charge in [-0.25, -0.2) is 0 Å². The minimum atomic E-state index is -0.162. The van der Waals surface area contributed by atoms with Crippen molar-refractivity contribution in [3.05, 3.63) is 67.1 Å². The smallest absolute Gasteiger partial charge is 0.271 e. The van der Waals surface area contributed by atoms with E-state index in [2.05, 4.69) is 5.10 Å². The molecule has 0 unspecified atom stereocenters. The fourth-order valence-corrected chi connectivity index (χ4v) is 4.16. The molecule has 1 aromatic carbocycles. The van der Waals surface area contributed by atoms with Crippen molar-refractivity contribution in [2.75, 3.05) is 0 Å². The monoisotopic (exact) mass is 356 g/mol. The van der Waals surface area contributed by atoms with Gasteiger partial charge in [-0.3, -0.25) is 9.59 Å². The average molecular weight is 357 g/mol. The van der Waals surface area contributed by atoms with Gasteiger partial charge in [-0.15, -0.1) is 11.3 Å². The van der Waals surface area contributed by atoms with Crippen LogP contribution < -0.4 is 5.56 Å². The van der Waals surface area contributed by atoms with E-state index in [0.717, 1.165) is 47.2 Å². The number of thiophene rings is 1. The maximum Gasteiger partial charge on any atom is 0.271 e. The second-order valence-electron chi connectivity index (χ2n) is 5.70. The Morgan fingerprint density at radius 1 is 1.17 bits per heavy atom. The van der Waals surface area contributed by atoms with Crippen LogP contribution in [-0.2, 0) is 12.8 Å². The van der Waals surface area contributed by atoms with Gasteiger partial charge >= 0.3 is 0 Å². The van der Waals surface area contributed by atoms with Crippen molar-refractivity contribution < 1.29 is 4.79 Å². The van der Waals surface area contributed by atoms with Gasteiger partial charge in [0.05, 0.1) is 16.3 Å². The first-order chi connectivity index (χ1) is 11.7. The van der Waals surface area contributed by atoms with Crippen LogP contribution in [0, 0.1) is 0 Å². The summed E-state index contributed by atoms with van der Waals surface area (Å²) in [5.74, 6) is 0. The van der Waals surface area contributed by atoms with Gasteiger partial charge < -0.3 is 0 Å². The van der Waals surface area contributed by atoms with Crippen LogP contribution in [0.1, 0.15) is 26.5 Å². The van der Waals surface area contributed by atoms with E-state index >= 15 is 0 Å². The third kappa shape index (κ3) is 2.60. The molecule has 0 fully saturated rings. The zero-order valence-electron chi connectivity index (χ0n) is 12.7. The lowest BCUT2D eigenvalue weighted by molar-refractivity contribution is 0.112. The fourth-order valence-electron chi connectivity index (χ4n) is 3.01. The number of rotatable bonds is 2. The van der Waals surface area contributed by atoms with Crippen LogP contribution in [0.5, 0.6) is 0 Å². The molecule has 0 spiro atoms. The molecule has 0 radical (unpaired) electrons. The Hall–Kier alpha value is -2.24. The van der Waals surface area contributed by atoms with Crippen molar-refractivity contribution >= 4 is 29.2 Å². The number of carbonyl (C=O) groups is 1. The number of aldehydes is 1. The number of aryl methyl sites for hydroxylation is 2. The molecular weight excluding hydrogens is 344 g/mol. The van der Waals surface area contributed by atoms with Gasteiger partial charge in [0.15, 0.2) is 6.29 Å². The van der Waals surface area contributed by atoms with E-state index in [1.54, 1.807) is 30.3 Å². The lowest BCUT2D eigenvalue weighted by atomic mass is 10.1. The molecule has 4 rings (SSSR count). The Morgan fingerprint density at radius 3 is 2.71 bits per heavy atom. The predicted molar refractivity (Wildman–Crippen MR) is 95.6 cm³/mol. The largest absolute Gasteiger partial charge is 0.297 e. The molecule has 0 N–H and O–H groups in total. The Labute approximate surface area is 147 Å². The summed E-state index contributed by atoms with van der Waals surface area (Å²) in [5.41, 5.74) is 3.21. The molecule has 0 bridgehead atoms. The molecule has 0 aliphatic heterocycles. The summed E-state index contributed by atoms with van der Waals surface area (Å²) >= 11 is 7.43. The summed E-state index contributed by atoms with van der Waals surface area (Å²) in [4.78, 5) is 25.4.